The van der Waals surface area contributed by atoms with E-state index >= 15 is 0 Å². The molecule has 0 radical (unpaired) electrons. The maximum absolute atomic E-state index is 11.4. The third kappa shape index (κ3) is 2.42. The van der Waals surface area contributed by atoms with Crippen LogP contribution in [0.3, 0.4) is 0 Å². The first kappa shape index (κ1) is 13.5. The Balaban J connectivity index is 2.08. The van der Waals surface area contributed by atoms with Gasteiger partial charge < -0.3 is 14.3 Å². The molecule has 0 bridgehead atoms. The average Bonchev–Trinajstić information content (AvgIpc) is 3.19. The van der Waals surface area contributed by atoms with Gasteiger partial charge in [-0.05, 0) is 37.3 Å². The number of halogens is 1. The van der Waals surface area contributed by atoms with Gasteiger partial charge >= 0.3 is 5.97 Å². The molecule has 1 aliphatic carbocycles. The summed E-state index contributed by atoms with van der Waals surface area (Å²) in [7, 11) is 0. The molecule has 0 atom stereocenters. The Labute approximate surface area is 124 Å². The quantitative estimate of drug-likeness (QED) is 0.634. The number of benzene rings is 1. The fraction of sp³-hybridized carbons (Fsp3) is 0.400. The molecule has 3 rings (SSSR count). The maximum Gasteiger partial charge on any atom is 0.372 e. The van der Waals surface area contributed by atoms with Gasteiger partial charge in [0, 0.05) is 10.9 Å². The molecule has 5 heteroatoms. The van der Waals surface area contributed by atoms with Crippen molar-refractivity contribution in [3.05, 3.63) is 29.5 Å². The van der Waals surface area contributed by atoms with Crippen LogP contribution in [0.4, 0.5) is 0 Å². The Morgan fingerprint density at radius 3 is 2.90 bits per heavy atom. The van der Waals surface area contributed by atoms with Gasteiger partial charge in [0.15, 0.2) is 0 Å². The van der Waals surface area contributed by atoms with Gasteiger partial charge in [-0.1, -0.05) is 22.0 Å². The molecular formula is C15H15BrO4. The monoisotopic (exact) mass is 338 g/mol. The largest absolute Gasteiger partial charge is 0.493 e. The van der Waals surface area contributed by atoms with Crippen LogP contribution in [0.25, 0.3) is 11.0 Å². The first-order valence-corrected chi connectivity index (χ1v) is 7.82. The van der Waals surface area contributed by atoms with E-state index in [0.29, 0.717) is 18.1 Å². The molecule has 4 nitrogen and oxygen atoms in total. The second-order valence-electron chi connectivity index (χ2n) is 4.94. The molecular weight excluding hydrogens is 324 g/mol. The Morgan fingerprint density at radius 1 is 1.45 bits per heavy atom. The van der Waals surface area contributed by atoms with Crippen LogP contribution in [-0.2, 0) is 0 Å². The number of carboxylic acid groups (broad SMARTS) is 1. The van der Waals surface area contributed by atoms with Gasteiger partial charge in [-0.15, -0.1) is 0 Å². The normalized spacial score (nSPS) is 14.7. The van der Waals surface area contributed by atoms with E-state index in [0.717, 1.165) is 41.3 Å². The number of hydrogen-bond acceptors (Lipinski definition) is 3. The van der Waals surface area contributed by atoms with Crippen LogP contribution in [0.2, 0.25) is 0 Å². The second-order valence-corrected chi connectivity index (χ2v) is 5.74. The van der Waals surface area contributed by atoms with Gasteiger partial charge in [-0.3, -0.25) is 0 Å². The summed E-state index contributed by atoms with van der Waals surface area (Å²) in [5.41, 5.74) is 1.41. The number of hydrogen-bond donors (Lipinski definition) is 1. The van der Waals surface area contributed by atoms with E-state index in [1.165, 1.54) is 0 Å². The highest BCUT2D eigenvalue weighted by Crippen LogP contribution is 2.48. The SMILES string of the molecule is O=C(O)c1oc2cccc(OCCCBr)c2c1C1CC1. The van der Waals surface area contributed by atoms with Gasteiger partial charge in [0.25, 0.3) is 0 Å². The minimum absolute atomic E-state index is 0.0686. The van der Waals surface area contributed by atoms with Crippen LogP contribution in [0.15, 0.2) is 22.6 Å². The Kier molecular flexibility index (Phi) is 3.70. The summed E-state index contributed by atoms with van der Waals surface area (Å²) in [5.74, 6) is 0.0819. The van der Waals surface area contributed by atoms with Gasteiger partial charge in [-0.25, -0.2) is 4.79 Å². The van der Waals surface area contributed by atoms with E-state index in [2.05, 4.69) is 15.9 Å². The van der Waals surface area contributed by atoms with Crippen LogP contribution in [0.1, 0.15) is 41.3 Å². The summed E-state index contributed by atoms with van der Waals surface area (Å²) < 4.78 is 11.3. The third-order valence-corrected chi connectivity index (χ3v) is 3.99. The van der Waals surface area contributed by atoms with Crippen molar-refractivity contribution in [1.29, 1.82) is 0 Å². The third-order valence-electron chi connectivity index (χ3n) is 3.43. The van der Waals surface area contributed by atoms with E-state index in [1.54, 1.807) is 6.07 Å². The standard InChI is InChI=1S/C15H15BrO4/c16-7-2-8-19-10-3-1-4-11-13(10)12(9-5-6-9)14(20-11)15(17)18/h1,3-4,9H,2,5-8H2,(H,17,18). The molecule has 0 amide bonds. The number of furan rings is 1. The topological polar surface area (TPSA) is 59.7 Å². The summed E-state index contributed by atoms with van der Waals surface area (Å²) in [6.07, 6.45) is 2.94. The first-order valence-electron chi connectivity index (χ1n) is 6.70. The number of carbonyl (C=O) groups is 1. The molecule has 2 aromatic rings. The van der Waals surface area contributed by atoms with Crippen LogP contribution >= 0.6 is 15.9 Å². The van der Waals surface area contributed by atoms with Gasteiger partial charge in [-0.2, -0.15) is 0 Å². The summed E-state index contributed by atoms with van der Waals surface area (Å²) in [4.78, 5) is 11.4. The molecule has 1 aromatic carbocycles. The molecule has 1 heterocycles. The molecule has 0 saturated heterocycles. The van der Waals surface area contributed by atoms with Crippen molar-refractivity contribution < 1.29 is 19.1 Å². The molecule has 1 aromatic heterocycles. The predicted molar refractivity (Wildman–Crippen MR) is 79.1 cm³/mol. The molecule has 1 N–H and O–H groups in total. The Morgan fingerprint density at radius 2 is 2.25 bits per heavy atom. The van der Waals surface area contributed by atoms with Crippen molar-refractivity contribution >= 4 is 32.9 Å². The minimum atomic E-state index is -1.01. The van der Waals surface area contributed by atoms with E-state index in [-0.39, 0.29) is 5.76 Å². The minimum Gasteiger partial charge on any atom is -0.493 e. The highest BCUT2D eigenvalue weighted by Gasteiger charge is 2.34. The molecule has 0 unspecified atom stereocenters. The average molecular weight is 339 g/mol. The van der Waals surface area contributed by atoms with Crippen molar-refractivity contribution in [3.8, 4) is 5.75 Å². The summed E-state index contributed by atoms with van der Waals surface area (Å²) in [6, 6.07) is 5.51. The van der Waals surface area contributed by atoms with E-state index < -0.39 is 5.97 Å². The predicted octanol–water partition coefficient (Wildman–Crippen LogP) is 4.17. The molecule has 0 aliphatic heterocycles. The lowest BCUT2D eigenvalue weighted by Crippen LogP contribution is -2.00. The second kappa shape index (κ2) is 5.48. The zero-order valence-corrected chi connectivity index (χ0v) is 12.5. The number of aromatic carboxylic acids is 1. The zero-order chi connectivity index (χ0) is 14.1. The van der Waals surface area contributed by atoms with Crippen LogP contribution in [0.5, 0.6) is 5.75 Å². The van der Waals surface area contributed by atoms with E-state index in [4.69, 9.17) is 9.15 Å². The molecule has 1 fully saturated rings. The molecule has 1 aliphatic rings. The van der Waals surface area contributed by atoms with Crippen LogP contribution < -0.4 is 4.74 Å². The van der Waals surface area contributed by atoms with Crippen molar-refractivity contribution in [2.45, 2.75) is 25.2 Å². The molecule has 0 spiro atoms. The number of fused-ring (bicyclic) bond motifs is 1. The highest BCUT2D eigenvalue weighted by molar-refractivity contribution is 9.09. The van der Waals surface area contributed by atoms with Gasteiger partial charge in [0.05, 0.1) is 12.0 Å². The molecule has 106 valence electrons. The van der Waals surface area contributed by atoms with E-state index in [9.17, 15) is 9.90 Å². The van der Waals surface area contributed by atoms with Crippen molar-refractivity contribution in [1.82, 2.24) is 0 Å². The lowest BCUT2D eigenvalue weighted by Gasteiger charge is -2.07. The smallest absolute Gasteiger partial charge is 0.372 e. The molecule has 1 saturated carbocycles. The Bertz CT molecular complexity index is 643. The summed E-state index contributed by atoms with van der Waals surface area (Å²) in [5, 5.41) is 11.0. The van der Waals surface area contributed by atoms with Crippen LogP contribution in [0, 0.1) is 0 Å². The molecule has 20 heavy (non-hydrogen) atoms. The fourth-order valence-corrected chi connectivity index (χ4v) is 2.65. The fourth-order valence-electron chi connectivity index (χ4n) is 2.42. The number of alkyl halides is 1. The van der Waals surface area contributed by atoms with Gasteiger partial charge in [0.2, 0.25) is 5.76 Å². The lowest BCUT2D eigenvalue weighted by molar-refractivity contribution is 0.0663. The van der Waals surface area contributed by atoms with Gasteiger partial charge in [0.1, 0.15) is 11.3 Å². The Hall–Kier alpha value is -1.49. The van der Waals surface area contributed by atoms with Crippen molar-refractivity contribution in [3.63, 3.8) is 0 Å². The summed E-state index contributed by atoms with van der Waals surface area (Å²) in [6.45, 7) is 0.599. The highest BCUT2D eigenvalue weighted by atomic mass is 79.9. The van der Waals surface area contributed by atoms with Crippen molar-refractivity contribution in [2.75, 3.05) is 11.9 Å². The zero-order valence-electron chi connectivity index (χ0n) is 10.9. The van der Waals surface area contributed by atoms with Crippen LogP contribution in [-0.4, -0.2) is 23.0 Å². The van der Waals surface area contributed by atoms with Crippen molar-refractivity contribution in [2.24, 2.45) is 0 Å². The number of ether oxygens (including phenoxy) is 1. The summed E-state index contributed by atoms with van der Waals surface area (Å²) >= 11 is 3.37. The number of rotatable bonds is 6. The van der Waals surface area contributed by atoms with E-state index in [1.807, 2.05) is 12.1 Å². The maximum atomic E-state index is 11.4. The lowest BCUT2D eigenvalue weighted by atomic mass is 10.1. The number of carboxylic acids is 1. The first-order chi connectivity index (χ1) is 9.72.